The highest BCUT2D eigenvalue weighted by Crippen LogP contribution is 2.62. The molecule has 1 aromatic carbocycles. The zero-order valence-electron chi connectivity index (χ0n) is 27.3. The van der Waals surface area contributed by atoms with Crippen molar-refractivity contribution >= 4 is 17.3 Å². The number of aliphatic hydroxyl groups is 1. The molecule has 0 unspecified atom stereocenters. The van der Waals surface area contributed by atoms with Gasteiger partial charge in [-0.1, -0.05) is 76.9 Å². The van der Waals surface area contributed by atoms with Crippen molar-refractivity contribution in [3.8, 4) is 0 Å². The van der Waals surface area contributed by atoms with Gasteiger partial charge in [0.05, 0.1) is 5.41 Å². The van der Waals surface area contributed by atoms with Gasteiger partial charge in [-0.15, -0.1) is 0 Å². The summed E-state index contributed by atoms with van der Waals surface area (Å²) in [4.78, 5) is 45.6. The second kappa shape index (κ2) is 12.0. The largest absolute Gasteiger partial charge is 0.487 e. The number of rotatable bonds is 8. The van der Waals surface area contributed by atoms with E-state index in [-0.39, 0.29) is 36.7 Å². The van der Waals surface area contributed by atoms with Crippen molar-refractivity contribution in [2.45, 2.75) is 99.7 Å². The second-order valence-corrected chi connectivity index (χ2v) is 14.0. The molecule has 1 N–H and O–H groups in total. The Morgan fingerprint density at radius 3 is 2.14 bits per heavy atom. The molecule has 43 heavy (non-hydrogen) atoms. The molecule has 1 aromatic rings. The van der Waals surface area contributed by atoms with E-state index in [0.29, 0.717) is 17.6 Å². The lowest BCUT2D eigenvalue weighted by molar-refractivity contribution is -0.179. The highest BCUT2D eigenvalue weighted by Gasteiger charge is 2.72. The molecule has 5 heteroatoms. The maximum absolute atomic E-state index is 15.5. The fourth-order valence-corrected chi connectivity index (χ4v) is 7.01. The van der Waals surface area contributed by atoms with Crippen molar-refractivity contribution in [3.05, 3.63) is 93.8 Å². The Kier molecular flexibility index (Phi) is 9.09. The molecule has 0 amide bonds. The van der Waals surface area contributed by atoms with Crippen LogP contribution in [0.2, 0.25) is 0 Å². The van der Waals surface area contributed by atoms with Crippen molar-refractivity contribution in [2.24, 2.45) is 22.7 Å². The minimum Gasteiger partial charge on any atom is -0.487 e. The van der Waals surface area contributed by atoms with Crippen LogP contribution in [0.1, 0.15) is 98.4 Å². The molecule has 2 aliphatic carbocycles. The van der Waals surface area contributed by atoms with Crippen LogP contribution in [0.15, 0.2) is 88.3 Å². The van der Waals surface area contributed by atoms with Gasteiger partial charge in [-0.05, 0) is 93.9 Å². The summed E-state index contributed by atoms with van der Waals surface area (Å²) in [7, 11) is 0. The topological polar surface area (TPSA) is 80.7 Å². The lowest BCUT2D eigenvalue weighted by Gasteiger charge is -2.57. The number of allylic oxidation sites excluding steroid dienone is 9. The van der Waals surface area contributed by atoms with E-state index in [1.165, 1.54) is 0 Å². The highest BCUT2D eigenvalue weighted by atomic mass is 16.5. The van der Waals surface area contributed by atoms with Crippen LogP contribution in [0.25, 0.3) is 0 Å². The first kappa shape index (κ1) is 32.6. The molecule has 1 fully saturated rings. The standard InChI is InChI=1S/C38H48O5/c1-23(2)15-17-28-22-37(20-19-25(5)6)32(40)29(18-16-24(3)4)34-38(35(37)42,31(39)27-13-11-10-12-14-27)30(21-26(28)7)33(41)36(8,9)43-34/h10-16,19,21,28,30,33,41H,17-18,20,22H2,1-9H3/b26-21-/t28-,30+,33+,37+,38+/m0/s1. The van der Waals surface area contributed by atoms with Crippen LogP contribution >= 0.6 is 0 Å². The van der Waals surface area contributed by atoms with Crippen molar-refractivity contribution < 1.29 is 24.2 Å². The number of fused-ring (bicyclic) bond motifs is 1. The van der Waals surface area contributed by atoms with Crippen LogP contribution in [-0.4, -0.2) is 34.2 Å². The van der Waals surface area contributed by atoms with E-state index in [1.807, 2.05) is 72.8 Å². The SMILES string of the molecule is CC(C)=CCC1=C2OC(C)(C)[C@H](O)[C@H]3/C=C(/C)[C@@H](CC=C(C)C)C[C@](CC=C(C)C)(C1=O)C(=O)[C@]23C(=O)c1ccccc1. The van der Waals surface area contributed by atoms with E-state index in [4.69, 9.17) is 4.74 Å². The summed E-state index contributed by atoms with van der Waals surface area (Å²) in [6, 6.07) is 8.77. The molecular formula is C38H48O5. The average molecular weight is 585 g/mol. The second-order valence-electron chi connectivity index (χ2n) is 14.0. The van der Waals surface area contributed by atoms with Gasteiger partial charge in [0.2, 0.25) is 0 Å². The van der Waals surface area contributed by atoms with E-state index in [9.17, 15) is 5.11 Å². The number of ketones is 3. The molecular weight excluding hydrogens is 536 g/mol. The molecule has 3 aliphatic rings. The van der Waals surface area contributed by atoms with Gasteiger partial charge in [-0.2, -0.15) is 0 Å². The Bertz CT molecular complexity index is 1450. The predicted octanol–water partition coefficient (Wildman–Crippen LogP) is 8.07. The Morgan fingerprint density at radius 1 is 0.953 bits per heavy atom. The van der Waals surface area contributed by atoms with Gasteiger partial charge >= 0.3 is 0 Å². The van der Waals surface area contributed by atoms with Crippen LogP contribution in [0.4, 0.5) is 0 Å². The lowest BCUT2D eigenvalue weighted by atomic mass is 9.47. The third-order valence-corrected chi connectivity index (χ3v) is 9.51. The molecule has 5 atom stereocenters. The smallest absolute Gasteiger partial charge is 0.184 e. The Hall–Kier alpha value is -3.31. The fourth-order valence-electron chi connectivity index (χ4n) is 7.01. The molecule has 1 aliphatic heterocycles. The van der Waals surface area contributed by atoms with Crippen molar-refractivity contribution in [1.82, 2.24) is 0 Å². The molecule has 1 heterocycles. The molecule has 0 saturated carbocycles. The molecule has 5 nitrogen and oxygen atoms in total. The molecule has 4 rings (SSSR count). The molecule has 0 spiro atoms. The number of Topliss-reactive ketones (excluding diaryl/α,β-unsaturated/α-hetero) is 3. The summed E-state index contributed by atoms with van der Waals surface area (Å²) in [5.74, 6) is -2.05. The number of hydrogen-bond donors (Lipinski definition) is 1. The van der Waals surface area contributed by atoms with Crippen LogP contribution in [0, 0.1) is 22.7 Å². The maximum atomic E-state index is 15.5. The fraction of sp³-hybridized carbons (Fsp3) is 0.500. The summed E-state index contributed by atoms with van der Waals surface area (Å²) < 4.78 is 6.57. The van der Waals surface area contributed by atoms with Crippen molar-refractivity contribution in [3.63, 3.8) is 0 Å². The molecule has 230 valence electrons. The summed E-state index contributed by atoms with van der Waals surface area (Å²) in [5.41, 5.74) is 0.333. The van der Waals surface area contributed by atoms with Gasteiger partial charge in [0, 0.05) is 17.1 Å². The molecule has 0 radical (unpaired) electrons. The Morgan fingerprint density at radius 2 is 1.56 bits per heavy atom. The van der Waals surface area contributed by atoms with E-state index < -0.39 is 40.0 Å². The molecule has 1 saturated heterocycles. The zero-order valence-corrected chi connectivity index (χ0v) is 27.3. The molecule has 0 aromatic heterocycles. The number of ether oxygens (including phenoxy) is 1. The Labute approximate surface area is 257 Å². The number of carbonyl (C=O) groups is 3. The first-order chi connectivity index (χ1) is 20.1. The normalized spacial score (nSPS) is 30.7. The van der Waals surface area contributed by atoms with Crippen LogP contribution < -0.4 is 0 Å². The lowest BCUT2D eigenvalue weighted by Crippen LogP contribution is -2.68. The van der Waals surface area contributed by atoms with Gasteiger partial charge in [0.25, 0.3) is 0 Å². The minimum atomic E-state index is -1.88. The van der Waals surface area contributed by atoms with Gasteiger partial charge in [0.15, 0.2) is 22.8 Å². The summed E-state index contributed by atoms with van der Waals surface area (Å²) in [6.07, 6.45) is 8.21. The van der Waals surface area contributed by atoms with Crippen LogP contribution in [0.3, 0.4) is 0 Å². The van der Waals surface area contributed by atoms with Gasteiger partial charge in [0.1, 0.15) is 17.5 Å². The number of hydrogen-bond acceptors (Lipinski definition) is 5. The maximum Gasteiger partial charge on any atom is 0.184 e. The van der Waals surface area contributed by atoms with E-state index >= 15 is 14.4 Å². The van der Waals surface area contributed by atoms with Crippen molar-refractivity contribution in [1.29, 1.82) is 0 Å². The van der Waals surface area contributed by atoms with Crippen LogP contribution in [0.5, 0.6) is 0 Å². The summed E-state index contributed by atoms with van der Waals surface area (Å²) in [5, 5.41) is 12.0. The van der Waals surface area contributed by atoms with Crippen LogP contribution in [-0.2, 0) is 14.3 Å². The first-order valence-electron chi connectivity index (χ1n) is 15.5. The Balaban J connectivity index is 2.21. The number of benzene rings is 1. The van der Waals surface area contributed by atoms with Gasteiger partial charge < -0.3 is 9.84 Å². The van der Waals surface area contributed by atoms with Gasteiger partial charge in [-0.3, -0.25) is 14.4 Å². The van der Waals surface area contributed by atoms with Crippen molar-refractivity contribution in [2.75, 3.05) is 0 Å². The average Bonchev–Trinajstić information content (AvgIpc) is 2.94. The zero-order chi connectivity index (χ0) is 31.9. The quantitative estimate of drug-likeness (QED) is 0.190. The third kappa shape index (κ3) is 5.57. The molecule has 2 bridgehead atoms. The van der Waals surface area contributed by atoms with Gasteiger partial charge in [-0.25, -0.2) is 0 Å². The monoisotopic (exact) mass is 584 g/mol. The third-order valence-electron chi connectivity index (χ3n) is 9.51. The minimum absolute atomic E-state index is 0.119. The predicted molar refractivity (Wildman–Crippen MR) is 171 cm³/mol. The van der Waals surface area contributed by atoms with E-state index in [2.05, 4.69) is 6.08 Å². The number of aliphatic hydroxyl groups excluding tert-OH is 1. The first-order valence-corrected chi connectivity index (χ1v) is 15.5. The van der Waals surface area contributed by atoms with E-state index in [0.717, 1.165) is 22.3 Å². The highest BCUT2D eigenvalue weighted by molar-refractivity contribution is 6.29. The number of carbonyl (C=O) groups excluding carboxylic acids is 3. The summed E-state index contributed by atoms with van der Waals surface area (Å²) >= 11 is 0. The summed E-state index contributed by atoms with van der Waals surface area (Å²) in [6.45, 7) is 17.5. The van der Waals surface area contributed by atoms with E-state index in [1.54, 1.807) is 38.1 Å².